The van der Waals surface area contributed by atoms with E-state index >= 15 is 0 Å². The Morgan fingerprint density at radius 1 is 1.00 bits per heavy atom. The Labute approximate surface area is 172 Å². The lowest BCUT2D eigenvalue weighted by atomic mass is 10.1. The molecule has 29 heavy (non-hydrogen) atoms. The van der Waals surface area contributed by atoms with Crippen LogP contribution in [0, 0.1) is 0 Å². The summed E-state index contributed by atoms with van der Waals surface area (Å²) >= 11 is 1.51. The van der Waals surface area contributed by atoms with E-state index in [-0.39, 0.29) is 0 Å². The molecule has 12 nitrogen and oxygen atoms in total. The number of carbonyl (C=O) groups is 5. The summed E-state index contributed by atoms with van der Waals surface area (Å²) < 4.78 is 0. The largest absolute Gasteiger partial charge is 0.480 e. The Morgan fingerprint density at radius 3 is 2.03 bits per heavy atom. The molecule has 9 N–H and O–H groups in total. The van der Waals surface area contributed by atoms with Gasteiger partial charge in [0.25, 0.3) is 0 Å². The van der Waals surface area contributed by atoms with Crippen molar-refractivity contribution >= 4 is 41.4 Å². The van der Waals surface area contributed by atoms with Gasteiger partial charge in [-0.15, -0.1) is 0 Å². The minimum Gasteiger partial charge on any atom is -0.480 e. The van der Waals surface area contributed by atoms with Crippen molar-refractivity contribution in [3.05, 3.63) is 0 Å². The van der Waals surface area contributed by atoms with Crippen LogP contribution < -0.4 is 27.4 Å². The van der Waals surface area contributed by atoms with E-state index in [0.717, 1.165) is 6.92 Å². The monoisotopic (exact) mass is 435 g/mol. The molecule has 0 fully saturated rings. The van der Waals surface area contributed by atoms with E-state index in [1.165, 1.54) is 18.7 Å². The van der Waals surface area contributed by atoms with Crippen LogP contribution in [0.25, 0.3) is 0 Å². The van der Waals surface area contributed by atoms with E-state index < -0.39 is 66.3 Å². The summed E-state index contributed by atoms with van der Waals surface area (Å²) in [4.78, 5) is 58.9. The molecule has 0 heterocycles. The van der Waals surface area contributed by atoms with E-state index in [1.54, 1.807) is 0 Å². The van der Waals surface area contributed by atoms with E-state index in [2.05, 4.69) is 10.6 Å². The first-order valence-corrected chi connectivity index (χ1v) is 10.1. The Kier molecular flexibility index (Phi) is 11.9. The number of carboxylic acids is 1. The average Bonchev–Trinajstić information content (AvgIpc) is 2.61. The summed E-state index contributed by atoms with van der Waals surface area (Å²) in [6.45, 7) is 2.50. The van der Waals surface area contributed by atoms with Crippen LogP contribution in [0.5, 0.6) is 0 Å². The number of nitrogens with one attached hydrogen (secondary N) is 3. The predicted octanol–water partition coefficient (Wildman–Crippen LogP) is -3.12. The number of nitrogens with two attached hydrogens (primary N) is 2. The molecule has 0 aromatic rings. The quantitative estimate of drug-likeness (QED) is 0.155. The first-order valence-electron chi connectivity index (χ1n) is 8.75. The summed E-state index contributed by atoms with van der Waals surface area (Å²) in [6, 6.07) is -5.05. The minimum absolute atomic E-state index is 0.407. The lowest BCUT2D eigenvalue weighted by Gasteiger charge is -2.24. The number of aliphatic carboxylic acids is 1. The number of carbonyl (C=O) groups excluding carboxylic acids is 4. The number of hydrogen-bond donors (Lipinski definition) is 7. The number of aliphatic hydroxyl groups is 1. The Hall–Kier alpha value is -2.38. The van der Waals surface area contributed by atoms with E-state index in [1.807, 2.05) is 11.6 Å². The van der Waals surface area contributed by atoms with Crippen molar-refractivity contribution in [1.82, 2.24) is 16.0 Å². The molecule has 0 spiro atoms. The number of carboxylic acid groups (broad SMARTS) is 1. The number of rotatable bonds is 13. The molecule has 5 atom stereocenters. The maximum Gasteiger partial charge on any atom is 0.328 e. The van der Waals surface area contributed by atoms with Gasteiger partial charge in [-0.1, -0.05) is 0 Å². The Balaban J connectivity index is 5.05. The van der Waals surface area contributed by atoms with Crippen LogP contribution in [0.4, 0.5) is 0 Å². The van der Waals surface area contributed by atoms with Crippen LogP contribution in [0.1, 0.15) is 26.7 Å². The lowest BCUT2D eigenvalue weighted by Crippen LogP contribution is -2.58. The van der Waals surface area contributed by atoms with E-state index in [4.69, 9.17) is 16.6 Å². The van der Waals surface area contributed by atoms with Gasteiger partial charge in [0.05, 0.1) is 18.6 Å². The highest BCUT2D eigenvalue weighted by molar-refractivity contribution is 7.98. The molecule has 0 aliphatic rings. The maximum atomic E-state index is 12.3. The molecular weight excluding hydrogens is 406 g/mol. The predicted molar refractivity (Wildman–Crippen MR) is 106 cm³/mol. The van der Waals surface area contributed by atoms with Gasteiger partial charge in [0.1, 0.15) is 12.1 Å². The molecule has 13 heteroatoms. The summed E-state index contributed by atoms with van der Waals surface area (Å²) in [6.07, 6.45) is 0.223. The zero-order chi connectivity index (χ0) is 22.7. The molecule has 0 saturated carbocycles. The highest BCUT2D eigenvalue weighted by Gasteiger charge is 2.31. The van der Waals surface area contributed by atoms with Crippen LogP contribution in [0.3, 0.4) is 0 Å². The van der Waals surface area contributed by atoms with Crippen molar-refractivity contribution in [1.29, 1.82) is 0 Å². The second kappa shape index (κ2) is 13.0. The van der Waals surface area contributed by atoms with Crippen molar-refractivity contribution in [2.45, 2.75) is 57.0 Å². The summed E-state index contributed by atoms with van der Waals surface area (Å²) in [7, 11) is 0. The van der Waals surface area contributed by atoms with E-state index in [0.29, 0.717) is 12.2 Å². The normalized spacial score (nSPS) is 15.9. The van der Waals surface area contributed by atoms with Gasteiger partial charge in [0.2, 0.25) is 23.6 Å². The molecule has 5 unspecified atom stereocenters. The molecule has 0 aliphatic heterocycles. The molecule has 0 aromatic heterocycles. The zero-order valence-electron chi connectivity index (χ0n) is 16.5. The minimum atomic E-state index is -1.65. The highest BCUT2D eigenvalue weighted by Crippen LogP contribution is 2.01. The second-order valence-corrected chi connectivity index (χ2v) is 7.40. The Bertz CT molecular complexity index is 616. The van der Waals surface area contributed by atoms with Gasteiger partial charge in [-0.05, 0) is 32.3 Å². The SMILES string of the molecule is CSCCC(N)C(=O)NC(C)C(=O)NC(CC(N)=O)C(=O)NC(C(=O)O)C(C)O. The third-order valence-electron chi connectivity index (χ3n) is 3.81. The fraction of sp³-hybridized carbons (Fsp3) is 0.688. The first kappa shape index (κ1) is 26.6. The summed E-state index contributed by atoms with van der Waals surface area (Å²) in [5.74, 6) is -4.16. The smallest absolute Gasteiger partial charge is 0.328 e. The maximum absolute atomic E-state index is 12.3. The molecule has 0 aliphatic carbocycles. The van der Waals surface area contributed by atoms with Crippen LogP contribution in [-0.2, 0) is 24.0 Å². The fourth-order valence-corrected chi connectivity index (χ4v) is 2.60. The zero-order valence-corrected chi connectivity index (χ0v) is 17.3. The number of thioether (sulfide) groups is 1. The molecule has 0 aromatic carbocycles. The van der Waals surface area contributed by atoms with Gasteiger partial charge in [-0.25, -0.2) is 4.79 Å². The third-order valence-corrected chi connectivity index (χ3v) is 4.45. The topological polar surface area (TPSA) is 214 Å². The molecule has 0 bridgehead atoms. The van der Waals surface area contributed by atoms with Crippen LogP contribution >= 0.6 is 11.8 Å². The Morgan fingerprint density at radius 2 is 1.59 bits per heavy atom. The molecular formula is C16H29N5O7S. The average molecular weight is 436 g/mol. The van der Waals surface area contributed by atoms with Gasteiger partial charge in [-0.2, -0.15) is 11.8 Å². The molecule has 4 amide bonds. The molecule has 166 valence electrons. The third kappa shape index (κ3) is 10.1. The van der Waals surface area contributed by atoms with Gasteiger partial charge < -0.3 is 37.6 Å². The highest BCUT2D eigenvalue weighted by atomic mass is 32.2. The van der Waals surface area contributed by atoms with Gasteiger partial charge in [0, 0.05) is 0 Å². The van der Waals surface area contributed by atoms with Gasteiger partial charge in [-0.3, -0.25) is 19.2 Å². The second-order valence-electron chi connectivity index (χ2n) is 6.41. The van der Waals surface area contributed by atoms with Gasteiger partial charge >= 0.3 is 5.97 Å². The van der Waals surface area contributed by atoms with Crippen LogP contribution in [-0.4, -0.2) is 82.1 Å². The number of amides is 4. The van der Waals surface area contributed by atoms with Crippen LogP contribution in [0.2, 0.25) is 0 Å². The number of primary amides is 1. The molecule has 0 radical (unpaired) electrons. The van der Waals surface area contributed by atoms with Crippen molar-refractivity contribution < 1.29 is 34.2 Å². The summed E-state index contributed by atoms with van der Waals surface area (Å²) in [5.41, 5.74) is 10.8. The van der Waals surface area contributed by atoms with Crippen molar-refractivity contribution in [2.75, 3.05) is 12.0 Å². The van der Waals surface area contributed by atoms with Crippen LogP contribution in [0.15, 0.2) is 0 Å². The fourth-order valence-electron chi connectivity index (χ4n) is 2.11. The number of aliphatic hydroxyl groups excluding tert-OH is 1. The van der Waals surface area contributed by atoms with Crippen molar-refractivity contribution in [3.63, 3.8) is 0 Å². The first-order chi connectivity index (χ1) is 13.4. The van der Waals surface area contributed by atoms with Crippen molar-refractivity contribution in [2.24, 2.45) is 11.5 Å². The number of hydrogen-bond acceptors (Lipinski definition) is 8. The molecule has 0 saturated heterocycles. The molecule has 0 rings (SSSR count). The standard InChI is InChI=1S/C16H29N5O7S/c1-7(19-14(25)9(17)4-5-29-3)13(24)20-10(6-11(18)23)15(26)21-12(8(2)22)16(27)28/h7-10,12,22H,4-6,17H2,1-3H3,(H2,18,23)(H,19,25)(H,20,24)(H,21,26)(H,27,28). The summed E-state index contributed by atoms with van der Waals surface area (Å²) in [5, 5.41) is 25.1. The van der Waals surface area contributed by atoms with Crippen molar-refractivity contribution in [3.8, 4) is 0 Å². The lowest BCUT2D eigenvalue weighted by molar-refractivity contribution is -0.145. The van der Waals surface area contributed by atoms with Gasteiger partial charge in [0.15, 0.2) is 6.04 Å². The van der Waals surface area contributed by atoms with E-state index in [9.17, 15) is 29.1 Å².